The van der Waals surface area contributed by atoms with Crippen LogP contribution in [0.3, 0.4) is 0 Å². The van der Waals surface area contributed by atoms with Gasteiger partial charge in [0.15, 0.2) is 0 Å². The van der Waals surface area contributed by atoms with Crippen LogP contribution in [0.4, 0.5) is 0 Å². The molecule has 0 unspecified atom stereocenters. The van der Waals surface area contributed by atoms with E-state index in [-0.39, 0.29) is 17.9 Å². The van der Waals surface area contributed by atoms with E-state index in [0.717, 1.165) is 11.3 Å². The lowest BCUT2D eigenvalue weighted by molar-refractivity contribution is -0.124. The van der Waals surface area contributed by atoms with Gasteiger partial charge in [0.05, 0.1) is 0 Å². The number of nitrogens with two attached hydrogens (primary N) is 1. The molecule has 0 saturated carbocycles. The van der Waals surface area contributed by atoms with Gasteiger partial charge in [0, 0.05) is 42.8 Å². The molecule has 25 heavy (non-hydrogen) atoms. The number of likely N-dealkylation sites (tertiary alicyclic amines) is 1. The molecule has 2 aromatic rings. The van der Waals surface area contributed by atoms with Crippen LogP contribution in [0.2, 0.25) is 0 Å². The van der Waals surface area contributed by atoms with E-state index in [1.165, 1.54) is 0 Å². The van der Waals surface area contributed by atoms with Crippen LogP contribution in [0, 0.1) is 6.92 Å². The van der Waals surface area contributed by atoms with Gasteiger partial charge >= 0.3 is 0 Å². The number of likely N-dealkylation sites (N-methyl/N-ethyl adjacent to an activating group) is 1. The first-order chi connectivity index (χ1) is 12.0. The molecule has 132 valence electrons. The Labute approximate surface area is 147 Å². The van der Waals surface area contributed by atoms with Crippen molar-refractivity contribution in [3.63, 3.8) is 0 Å². The summed E-state index contributed by atoms with van der Waals surface area (Å²) in [6.07, 6.45) is 4.43. The maximum absolute atomic E-state index is 12.9. The van der Waals surface area contributed by atoms with Crippen molar-refractivity contribution < 1.29 is 9.59 Å². The maximum atomic E-state index is 12.9. The number of aromatic nitrogens is 1. The summed E-state index contributed by atoms with van der Waals surface area (Å²) in [5, 5.41) is 2.79. The van der Waals surface area contributed by atoms with Crippen molar-refractivity contribution in [3.8, 4) is 5.69 Å². The van der Waals surface area contributed by atoms with Gasteiger partial charge in [-0.3, -0.25) is 9.59 Å². The second-order valence-electron chi connectivity index (χ2n) is 6.46. The van der Waals surface area contributed by atoms with Crippen molar-refractivity contribution in [1.29, 1.82) is 0 Å². The number of carbonyl (C=O) groups is 2. The quantitative estimate of drug-likeness (QED) is 0.884. The molecular weight excluding hydrogens is 316 g/mol. The number of hydrogen-bond donors (Lipinski definition) is 2. The third kappa shape index (κ3) is 3.44. The third-order valence-electron chi connectivity index (χ3n) is 4.57. The molecule has 0 radical (unpaired) electrons. The van der Waals surface area contributed by atoms with Crippen molar-refractivity contribution >= 4 is 11.8 Å². The van der Waals surface area contributed by atoms with Gasteiger partial charge < -0.3 is 20.5 Å². The molecule has 2 atom stereocenters. The summed E-state index contributed by atoms with van der Waals surface area (Å²) in [7, 11) is 0. The molecule has 0 aliphatic carbocycles. The van der Waals surface area contributed by atoms with E-state index in [1.807, 2.05) is 61.1 Å². The fourth-order valence-corrected chi connectivity index (χ4v) is 3.37. The first kappa shape index (κ1) is 17.2. The zero-order chi connectivity index (χ0) is 18.0. The summed E-state index contributed by atoms with van der Waals surface area (Å²) >= 11 is 0. The Bertz CT molecular complexity index is 770. The first-order valence-electron chi connectivity index (χ1n) is 8.59. The third-order valence-corrected chi connectivity index (χ3v) is 4.57. The lowest BCUT2D eigenvalue weighted by Gasteiger charge is -2.24. The van der Waals surface area contributed by atoms with Gasteiger partial charge in [-0.25, -0.2) is 0 Å². The SMILES string of the molecule is CCNC(=O)[C@@H]1C[C@H](N)CN1C(=O)c1ccc(-n2cccc2)c(C)c1. The number of aryl methyl sites for hydroxylation is 1. The Morgan fingerprint density at radius 2 is 2.00 bits per heavy atom. The largest absolute Gasteiger partial charge is 0.355 e. The molecule has 2 heterocycles. The molecule has 1 aromatic carbocycles. The number of nitrogens with one attached hydrogen (secondary N) is 1. The lowest BCUT2D eigenvalue weighted by atomic mass is 10.1. The average Bonchev–Trinajstić information content (AvgIpc) is 3.24. The molecular formula is C19H24N4O2. The molecule has 6 heteroatoms. The van der Waals surface area contributed by atoms with Crippen LogP contribution in [-0.4, -0.2) is 46.5 Å². The van der Waals surface area contributed by atoms with E-state index in [9.17, 15) is 9.59 Å². The Morgan fingerprint density at radius 1 is 1.28 bits per heavy atom. The number of amides is 2. The predicted octanol–water partition coefficient (Wildman–Crippen LogP) is 1.46. The molecule has 1 aromatic heterocycles. The van der Waals surface area contributed by atoms with Crippen LogP contribution in [0.1, 0.15) is 29.3 Å². The highest BCUT2D eigenvalue weighted by molar-refractivity contribution is 5.98. The first-order valence-corrected chi connectivity index (χ1v) is 8.59. The van der Waals surface area contributed by atoms with E-state index in [4.69, 9.17) is 5.73 Å². The van der Waals surface area contributed by atoms with Gasteiger partial charge in [0.1, 0.15) is 6.04 Å². The molecule has 3 rings (SSSR count). The summed E-state index contributed by atoms with van der Waals surface area (Å²) in [5.74, 6) is -0.282. The molecule has 0 bridgehead atoms. The van der Waals surface area contributed by atoms with Gasteiger partial charge in [-0.2, -0.15) is 0 Å². The van der Waals surface area contributed by atoms with E-state index in [0.29, 0.717) is 25.1 Å². The van der Waals surface area contributed by atoms with Crippen LogP contribution in [0.25, 0.3) is 5.69 Å². The van der Waals surface area contributed by atoms with Crippen LogP contribution in [-0.2, 0) is 4.79 Å². The maximum Gasteiger partial charge on any atom is 0.254 e. The second-order valence-corrected chi connectivity index (χ2v) is 6.46. The summed E-state index contributed by atoms with van der Waals surface area (Å²) < 4.78 is 2.01. The molecule has 1 fully saturated rings. The Kier molecular flexibility index (Phi) is 4.90. The highest BCUT2D eigenvalue weighted by atomic mass is 16.2. The van der Waals surface area contributed by atoms with Gasteiger partial charge in [-0.15, -0.1) is 0 Å². The summed E-state index contributed by atoms with van der Waals surface area (Å²) in [5.41, 5.74) is 8.61. The summed E-state index contributed by atoms with van der Waals surface area (Å²) in [6.45, 7) is 4.78. The zero-order valence-electron chi connectivity index (χ0n) is 14.6. The number of rotatable bonds is 4. The van der Waals surface area contributed by atoms with Gasteiger partial charge in [-0.1, -0.05) is 0 Å². The smallest absolute Gasteiger partial charge is 0.254 e. The van der Waals surface area contributed by atoms with E-state index in [2.05, 4.69) is 5.32 Å². The number of hydrogen-bond acceptors (Lipinski definition) is 3. The summed E-state index contributed by atoms with van der Waals surface area (Å²) in [4.78, 5) is 26.8. The van der Waals surface area contributed by atoms with Crippen molar-refractivity contribution in [2.45, 2.75) is 32.4 Å². The zero-order valence-corrected chi connectivity index (χ0v) is 14.6. The Hall–Kier alpha value is -2.60. The van der Waals surface area contributed by atoms with Gasteiger partial charge in [0.25, 0.3) is 5.91 Å². The van der Waals surface area contributed by atoms with Crippen molar-refractivity contribution in [1.82, 2.24) is 14.8 Å². The molecule has 1 aliphatic heterocycles. The molecule has 6 nitrogen and oxygen atoms in total. The van der Waals surface area contributed by atoms with Crippen LogP contribution in [0.15, 0.2) is 42.7 Å². The highest BCUT2D eigenvalue weighted by Crippen LogP contribution is 2.22. The minimum absolute atomic E-state index is 0.135. The van der Waals surface area contributed by atoms with Crippen LogP contribution in [0.5, 0.6) is 0 Å². The van der Waals surface area contributed by atoms with Crippen LogP contribution < -0.4 is 11.1 Å². The molecule has 3 N–H and O–H groups in total. The minimum Gasteiger partial charge on any atom is -0.355 e. The molecule has 0 spiro atoms. The fourth-order valence-electron chi connectivity index (χ4n) is 3.37. The van der Waals surface area contributed by atoms with E-state index < -0.39 is 6.04 Å². The van der Waals surface area contributed by atoms with Crippen LogP contribution >= 0.6 is 0 Å². The normalized spacial score (nSPS) is 19.9. The Balaban J connectivity index is 1.84. The number of carbonyl (C=O) groups excluding carboxylic acids is 2. The van der Waals surface area contributed by atoms with Crippen molar-refractivity contribution in [2.75, 3.05) is 13.1 Å². The monoisotopic (exact) mass is 340 g/mol. The predicted molar refractivity (Wildman–Crippen MR) is 96.6 cm³/mol. The topological polar surface area (TPSA) is 80.4 Å². The van der Waals surface area contributed by atoms with Gasteiger partial charge in [-0.05, 0) is 56.2 Å². The molecule has 2 amide bonds. The van der Waals surface area contributed by atoms with Crippen molar-refractivity contribution in [3.05, 3.63) is 53.9 Å². The second kappa shape index (κ2) is 7.11. The Morgan fingerprint density at radius 3 is 2.64 bits per heavy atom. The average molecular weight is 340 g/mol. The lowest BCUT2D eigenvalue weighted by Crippen LogP contribution is -2.46. The molecule has 1 saturated heterocycles. The fraction of sp³-hybridized carbons (Fsp3) is 0.368. The molecule has 1 aliphatic rings. The highest BCUT2D eigenvalue weighted by Gasteiger charge is 2.38. The van der Waals surface area contributed by atoms with E-state index >= 15 is 0 Å². The number of benzene rings is 1. The minimum atomic E-state index is -0.494. The van der Waals surface area contributed by atoms with Gasteiger partial charge in [0.2, 0.25) is 5.91 Å². The summed E-state index contributed by atoms with van der Waals surface area (Å²) in [6, 6.07) is 8.87. The number of nitrogens with zero attached hydrogens (tertiary/aromatic N) is 2. The standard InChI is InChI=1S/C19H24N4O2/c1-3-21-18(24)17-11-15(20)12-23(17)19(25)14-6-7-16(13(2)10-14)22-8-4-5-9-22/h4-10,15,17H,3,11-12,20H2,1-2H3,(H,21,24)/t15-,17-/m0/s1. The van der Waals surface area contributed by atoms with E-state index in [1.54, 1.807) is 4.90 Å². The van der Waals surface area contributed by atoms with Crippen molar-refractivity contribution in [2.24, 2.45) is 5.73 Å².